The number of rotatable bonds is 5. The first-order valence-electron chi connectivity index (χ1n) is 9.11. The highest BCUT2D eigenvalue weighted by Crippen LogP contribution is 2.29. The predicted molar refractivity (Wildman–Crippen MR) is 111 cm³/mol. The fourth-order valence-electron chi connectivity index (χ4n) is 3.50. The van der Waals surface area contributed by atoms with E-state index in [1.54, 1.807) is 6.07 Å². The van der Waals surface area contributed by atoms with Gasteiger partial charge in [-0.15, -0.1) is 0 Å². The Bertz CT molecular complexity index is 1070. The van der Waals surface area contributed by atoms with Gasteiger partial charge in [0.25, 0.3) is 0 Å². The maximum atomic E-state index is 12.3. The van der Waals surface area contributed by atoms with Crippen LogP contribution in [-0.4, -0.2) is 60.4 Å². The quantitative estimate of drug-likeness (QED) is 0.735. The molecule has 152 valence electrons. The summed E-state index contributed by atoms with van der Waals surface area (Å²) in [6.45, 7) is 5.94. The molecule has 1 saturated heterocycles. The van der Waals surface area contributed by atoms with Crippen LogP contribution in [0.3, 0.4) is 0 Å². The van der Waals surface area contributed by atoms with E-state index in [-0.39, 0.29) is 9.79 Å². The van der Waals surface area contributed by atoms with Crippen LogP contribution in [0.2, 0.25) is 0 Å². The second-order valence-corrected chi connectivity index (χ2v) is 11.4. The molecular formula is C20H26N2O4S2. The van der Waals surface area contributed by atoms with Crippen LogP contribution in [0.25, 0.3) is 0 Å². The van der Waals surface area contributed by atoms with Gasteiger partial charge in [-0.1, -0.05) is 29.8 Å². The van der Waals surface area contributed by atoms with Gasteiger partial charge in [0.2, 0.25) is 0 Å². The Kier molecular flexibility index (Phi) is 5.84. The Morgan fingerprint density at radius 3 is 2.11 bits per heavy atom. The number of aryl methyl sites for hydroxylation is 1. The zero-order chi connectivity index (χ0) is 20.5. The molecule has 0 bridgehead atoms. The molecule has 1 aliphatic heterocycles. The average Bonchev–Trinajstić information content (AvgIpc) is 2.60. The summed E-state index contributed by atoms with van der Waals surface area (Å²) in [6, 6.07) is 12.8. The molecule has 0 aliphatic carbocycles. The van der Waals surface area contributed by atoms with Gasteiger partial charge in [-0.05, 0) is 30.7 Å². The number of anilines is 1. The molecule has 1 aliphatic rings. The zero-order valence-corrected chi connectivity index (χ0v) is 18.1. The third kappa shape index (κ3) is 4.92. The Morgan fingerprint density at radius 2 is 1.54 bits per heavy atom. The Morgan fingerprint density at radius 1 is 0.857 bits per heavy atom. The van der Waals surface area contributed by atoms with Crippen LogP contribution in [0, 0.1) is 6.92 Å². The van der Waals surface area contributed by atoms with Crippen molar-refractivity contribution in [1.29, 1.82) is 0 Å². The molecule has 0 saturated carbocycles. The standard InChI is InChI=1S/C20H26N2O4S2/c1-16-5-4-6-17(13-16)15-21-9-11-22(12-10-21)19-8-7-18(27(2,23)24)14-20(19)28(3,25)26/h4-8,13-14H,9-12,15H2,1-3H3. The molecule has 0 unspecified atom stereocenters. The number of hydrogen-bond acceptors (Lipinski definition) is 6. The Hall–Kier alpha value is -1.90. The summed E-state index contributed by atoms with van der Waals surface area (Å²) in [4.78, 5) is 4.46. The maximum Gasteiger partial charge on any atom is 0.177 e. The molecule has 3 rings (SSSR count). The average molecular weight is 423 g/mol. The second kappa shape index (κ2) is 7.85. The van der Waals surface area contributed by atoms with Gasteiger partial charge in [-0.3, -0.25) is 4.90 Å². The number of piperazine rings is 1. The summed E-state index contributed by atoms with van der Waals surface area (Å²) in [5.74, 6) is 0. The van der Waals surface area contributed by atoms with Gasteiger partial charge in [-0.2, -0.15) is 0 Å². The highest BCUT2D eigenvalue weighted by molar-refractivity contribution is 7.91. The first kappa shape index (κ1) is 20.8. The van der Waals surface area contributed by atoms with Crippen LogP contribution >= 0.6 is 0 Å². The Balaban J connectivity index is 1.78. The summed E-state index contributed by atoms with van der Waals surface area (Å²) in [5.41, 5.74) is 3.08. The van der Waals surface area contributed by atoms with Crippen molar-refractivity contribution in [3.05, 3.63) is 53.6 Å². The molecule has 8 heteroatoms. The SMILES string of the molecule is Cc1cccc(CN2CCN(c3ccc(S(C)(=O)=O)cc3S(C)(=O)=O)CC2)c1. The van der Waals surface area contributed by atoms with Crippen LogP contribution in [0.4, 0.5) is 5.69 Å². The monoisotopic (exact) mass is 422 g/mol. The van der Waals surface area contributed by atoms with Gasteiger partial charge in [0, 0.05) is 45.2 Å². The fourth-order valence-corrected chi connectivity index (χ4v) is 5.14. The largest absolute Gasteiger partial charge is 0.368 e. The molecular weight excluding hydrogens is 396 g/mol. The third-order valence-corrected chi connectivity index (χ3v) is 7.20. The van der Waals surface area contributed by atoms with E-state index in [4.69, 9.17) is 0 Å². The van der Waals surface area contributed by atoms with Crippen molar-refractivity contribution in [3.63, 3.8) is 0 Å². The number of benzene rings is 2. The molecule has 0 spiro atoms. The normalized spacial score (nSPS) is 16.3. The van der Waals surface area contributed by atoms with Gasteiger partial charge in [0.05, 0.1) is 15.5 Å². The highest BCUT2D eigenvalue weighted by Gasteiger charge is 2.24. The van der Waals surface area contributed by atoms with Crippen LogP contribution in [0.1, 0.15) is 11.1 Å². The maximum absolute atomic E-state index is 12.3. The molecule has 6 nitrogen and oxygen atoms in total. The van der Waals surface area contributed by atoms with E-state index >= 15 is 0 Å². The minimum atomic E-state index is -3.55. The predicted octanol–water partition coefficient (Wildman–Crippen LogP) is 2.12. The van der Waals surface area contributed by atoms with E-state index < -0.39 is 19.7 Å². The van der Waals surface area contributed by atoms with Gasteiger partial charge in [0.15, 0.2) is 19.7 Å². The fraction of sp³-hybridized carbons (Fsp3) is 0.400. The van der Waals surface area contributed by atoms with Crippen LogP contribution in [-0.2, 0) is 26.2 Å². The van der Waals surface area contributed by atoms with Crippen molar-refractivity contribution in [1.82, 2.24) is 4.90 Å². The van der Waals surface area contributed by atoms with Crippen molar-refractivity contribution in [2.45, 2.75) is 23.3 Å². The van der Waals surface area contributed by atoms with Crippen LogP contribution in [0.5, 0.6) is 0 Å². The molecule has 28 heavy (non-hydrogen) atoms. The molecule has 0 N–H and O–H groups in total. The summed E-state index contributed by atoms with van der Waals surface area (Å²) >= 11 is 0. The van der Waals surface area contributed by atoms with Crippen molar-refractivity contribution in [3.8, 4) is 0 Å². The van der Waals surface area contributed by atoms with E-state index in [0.29, 0.717) is 18.8 Å². The summed E-state index contributed by atoms with van der Waals surface area (Å²) in [5, 5.41) is 0. The van der Waals surface area contributed by atoms with Gasteiger partial charge in [0.1, 0.15) is 0 Å². The van der Waals surface area contributed by atoms with Crippen LogP contribution in [0.15, 0.2) is 52.3 Å². The molecule has 1 fully saturated rings. The number of nitrogens with zero attached hydrogens (tertiary/aromatic N) is 2. The summed E-state index contributed by atoms with van der Waals surface area (Å²) < 4.78 is 48.2. The second-order valence-electron chi connectivity index (χ2n) is 7.43. The molecule has 0 aromatic heterocycles. The first-order valence-corrected chi connectivity index (χ1v) is 12.9. The van der Waals surface area contributed by atoms with Gasteiger partial charge < -0.3 is 4.90 Å². The van der Waals surface area contributed by atoms with E-state index in [2.05, 4.69) is 36.1 Å². The van der Waals surface area contributed by atoms with Crippen molar-refractivity contribution >= 4 is 25.4 Å². The van der Waals surface area contributed by atoms with E-state index in [1.807, 2.05) is 4.90 Å². The Labute approximate surface area is 167 Å². The van der Waals surface area contributed by atoms with E-state index in [9.17, 15) is 16.8 Å². The number of hydrogen-bond donors (Lipinski definition) is 0. The molecule has 0 atom stereocenters. The molecule has 0 amide bonds. The topological polar surface area (TPSA) is 74.8 Å². The molecule has 0 radical (unpaired) electrons. The van der Waals surface area contributed by atoms with E-state index in [1.165, 1.54) is 23.3 Å². The zero-order valence-electron chi connectivity index (χ0n) is 16.4. The summed E-state index contributed by atoms with van der Waals surface area (Å²) in [6.07, 6.45) is 2.20. The lowest BCUT2D eigenvalue weighted by atomic mass is 10.1. The first-order chi connectivity index (χ1) is 13.0. The number of sulfone groups is 2. The van der Waals surface area contributed by atoms with Gasteiger partial charge in [-0.25, -0.2) is 16.8 Å². The van der Waals surface area contributed by atoms with E-state index in [0.717, 1.165) is 32.1 Å². The van der Waals surface area contributed by atoms with Crippen LogP contribution < -0.4 is 4.90 Å². The molecule has 2 aromatic carbocycles. The minimum absolute atomic E-state index is 0.0229. The lowest BCUT2D eigenvalue weighted by molar-refractivity contribution is 0.249. The highest BCUT2D eigenvalue weighted by atomic mass is 32.2. The smallest absolute Gasteiger partial charge is 0.177 e. The van der Waals surface area contributed by atoms with Crippen molar-refractivity contribution in [2.75, 3.05) is 43.6 Å². The molecule has 1 heterocycles. The minimum Gasteiger partial charge on any atom is -0.368 e. The third-order valence-electron chi connectivity index (χ3n) is 4.96. The van der Waals surface area contributed by atoms with Crippen molar-refractivity contribution < 1.29 is 16.8 Å². The lowest BCUT2D eigenvalue weighted by Crippen LogP contribution is -2.46. The van der Waals surface area contributed by atoms with Gasteiger partial charge >= 0.3 is 0 Å². The van der Waals surface area contributed by atoms with Crippen molar-refractivity contribution in [2.24, 2.45) is 0 Å². The summed E-state index contributed by atoms with van der Waals surface area (Å²) in [7, 11) is -7.02. The lowest BCUT2D eigenvalue weighted by Gasteiger charge is -2.37. The molecule has 2 aromatic rings.